The van der Waals surface area contributed by atoms with Gasteiger partial charge in [-0.2, -0.15) is 0 Å². The lowest BCUT2D eigenvalue weighted by Crippen LogP contribution is -2.13. The summed E-state index contributed by atoms with van der Waals surface area (Å²) in [5, 5.41) is 17.5. The third-order valence-electron chi connectivity index (χ3n) is 2.68. The monoisotopic (exact) mass is 268 g/mol. The zero-order chi connectivity index (χ0) is 14.6. The lowest BCUT2D eigenvalue weighted by atomic mass is 10.00. The number of rotatable bonds is 6. The molecule has 104 valence electrons. The second-order valence-corrected chi connectivity index (χ2v) is 4.08. The van der Waals surface area contributed by atoms with Crippen molar-refractivity contribution >= 4 is 11.9 Å². The van der Waals surface area contributed by atoms with Crippen LogP contribution in [0.25, 0.3) is 0 Å². The maximum atomic E-state index is 10.9. The zero-order valence-electron chi connectivity index (χ0n) is 11.0. The van der Waals surface area contributed by atoms with Crippen LogP contribution in [0.15, 0.2) is 6.07 Å². The summed E-state index contributed by atoms with van der Waals surface area (Å²) in [5.41, 5.74) is 1.83. The van der Waals surface area contributed by atoms with E-state index in [0.717, 1.165) is 5.56 Å². The summed E-state index contributed by atoms with van der Waals surface area (Å²) in [7, 11) is 1.50. The molecule has 1 aromatic rings. The number of hydrogen-bond acceptors (Lipinski definition) is 4. The molecule has 0 aliphatic rings. The van der Waals surface area contributed by atoms with Crippen molar-refractivity contribution in [2.24, 2.45) is 0 Å². The summed E-state index contributed by atoms with van der Waals surface area (Å²) >= 11 is 0. The Labute approximate surface area is 110 Å². The van der Waals surface area contributed by atoms with Crippen LogP contribution in [0.1, 0.15) is 16.7 Å². The standard InChI is InChI=1S/C13H16O6/c1-7-4-10(19-6-12(16)17)9(5-11(14)15)8(2)13(7)18-3/h4H,5-6H2,1-3H3,(H,14,15)(H,16,17). The SMILES string of the molecule is COc1c(C)cc(OCC(=O)O)c(CC(=O)O)c1C. The van der Waals surface area contributed by atoms with E-state index in [2.05, 4.69) is 0 Å². The van der Waals surface area contributed by atoms with Crippen LogP contribution in [0.5, 0.6) is 11.5 Å². The van der Waals surface area contributed by atoms with Gasteiger partial charge >= 0.3 is 11.9 Å². The molecule has 0 saturated carbocycles. The fourth-order valence-corrected chi connectivity index (χ4v) is 1.92. The minimum Gasteiger partial charge on any atom is -0.496 e. The van der Waals surface area contributed by atoms with E-state index in [9.17, 15) is 9.59 Å². The van der Waals surface area contributed by atoms with Crippen LogP contribution in [-0.4, -0.2) is 35.9 Å². The van der Waals surface area contributed by atoms with E-state index in [1.165, 1.54) is 7.11 Å². The molecular weight excluding hydrogens is 252 g/mol. The predicted octanol–water partition coefficient (Wildman–Crippen LogP) is 1.40. The highest BCUT2D eigenvalue weighted by molar-refractivity contribution is 5.73. The molecule has 0 aromatic heterocycles. The Morgan fingerprint density at radius 1 is 1.21 bits per heavy atom. The maximum absolute atomic E-state index is 10.9. The second-order valence-electron chi connectivity index (χ2n) is 4.08. The fourth-order valence-electron chi connectivity index (χ4n) is 1.92. The number of carbonyl (C=O) groups is 2. The molecule has 6 heteroatoms. The van der Waals surface area contributed by atoms with Gasteiger partial charge in [-0.05, 0) is 31.0 Å². The molecule has 0 aliphatic carbocycles. The molecule has 0 aliphatic heterocycles. The number of hydrogen-bond donors (Lipinski definition) is 2. The Bertz CT molecular complexity index is 506. The Morgan fingerprint density at radius 3 is 2.32 bits per heavy atom. The number of carboxylic acids is 2. The third kappa shape index (κ3) is 3.61. The lowest BCUT2D eigenvalue weighted by molar-refractivity contribution is -0.139. The van der Waals surface area contributed by atoms with Gasteiger partial charge in [0, 0.05) is 5.56 Å². The lowest BCUT2D eigenvalue weighted by Gasteiger charge is -2.17. The van der Waals surface area contributed by atoms with E-state index in [-0.39, 0.29) is 12.2 Å². The maximum Gasteiger partial charge on any atom is 0.341 e. The second kappa shape index (κ2) is 6.08. The Hall–Kier alpha value is -2.24. The minimum atomic E-state index is -1.12. The molecule has 0 spiro atoms. The molecule has 2 N–H and O–H groups in total. The van der Waals surface area contributed by atoms with Gasteiger partial charge in [0.1, 0.15) is 11.5 Å². The molecule has 0 atom stereocenters. The number of carboxylic acid groups (broad SMARTS) is 2. The van der Waals surface area contributed by atoms with Crippen LogP contribution in [0, 0.1) is 13.8 Å². The van der Waals surface area contributed by atoms with E-state index >= 15 is 0 Å². The number of aliphatic carboxylic acids is 2. The van der Waals surface area contributed by atoms with E-state index in [4.69, 9.17) is 19.7 Å². The minimum absolute atomic E-state index is 0.253. The number of benzene rings is 1. The van der Waals surface area contributed by atoms with Crippen molar-refractivity contribution in [1.29, 1.82) is 0 Å². The first-order valence-corrected chi connectivity index (χ1v) is 5.60. The van der Waals surface area contributed by atoms with Gasteiger partial charge in [0.15, 0.2) is 6.61 Å². The van der Waals surface area contributed by atoms with Gasteiger partial charge in [0.2, 0.25) is 0 Å². The normalized spacial score (nSPS) is 10.1. The van der Waals surface area contributed by atoms with Gasteiger partial charge < -0.3 is 19.7 Å². The van der Waals surface area contributed by atoms with Gasteiger partial charge in [-0.15, -0.1) is 0 Å². The Balaban J connectivity index is 3.26. The van der Waals surface area contributed by atoms with Crippen LogP contribution in [0.4, 0.5) is 0 Å². The topological polar surface area (TPSA) is 93.1 Å². The Kier molecular flexibility index (Phi) is 4.74. The van der Waals surface area contributed by atoms with Gasteiger partial charge in [0.05, 0.1) is 13.5 Å². The average molecular weight is 268 g/mol. The molecule has 19 heavy (non-hydrogen) atoms. The molecule has 0 heterocycles. The smallest absolute Gasteiger partial charge is 0.341 e. The van der Waals surface area contributed by atoms with Crippen molar-refractivity contribution in [3.8, 4) is 11.5 Å². The fraction of sp³-hybridized carbons (Fsp3) is 0.385. The Morgan fingerprint density at radius 2 is 1.84 bits per heavy atom. The van der Waals surface area contributed by atoms with E-state index in [1.54, 1.807) is 19.9 Å². The van der Waals surface area contributed by atoms with E-state index < -0.39 is 18.5 Å². The van der Waals surface area contributed by atoms with Crippen molar-refractivity contribution in [2.45, 2.75) is 20.3 Å². The summed E-state index contributed by atoms with van der Waals surface area (Å²) in [5.74, 6) is -1.29. The summed E-state index contributed by atoms with van der Waals surface area (Å²) in [6, 6.07) is 1.59. The molecule has 0 fully saturated rings. The quantitative estimate of drug-likeness (QED) is 0.810. The van der Waals surface area contributed by atoms with Gasteiger partial charge in [-0.3, -0.25) is 4.79 Å². The highest BCUT2D eigenvalue weighted by atomic mass is 16.5. The average Bonchev–Trinajstić information content (AvgIpc) is 2.30. The molecular formula is C13H16O6. The van der Waals surface area contributed by atoms with Crippen molar-refractivity contribution in [3.63, 3.8) is 0 Å². The zero-order valence-corrected chi connectivity index (χ0v) is 11.0. The molecule has 0 bridgehead atoms. The van der Waals surface area contributed by atoms with Crippen LogP contribution < -0.4 is 9.47 Å². The van der Waals surface area contributed by atoms with Gasteiger partial charge in [-0.1, -0.05) is 0 Å². The van der Waals surface area contributed by atoms with E-state index in [1.807, 2.05) is 0 Å². The van der Waals surface area contributed by atoms with Gasteiger partial charge in [0.25, 0.3) is 0 Å². The first kappa shape index (κ1) is 14.8. The molecule has 0 saturated heterocycles. The highest BCUT2D eigenvalue weighted by Crippen LogP contribution is 2.33. The number of methoxy groups -OCH3 is 1. The first-order chi connectivity index (χ1) is 8.86. The number of ether oxygens (including phenoxy) is 2. The molecule has 1 rings (SSSR count). The van der Waals surface area contributed by atoms with Gasteiger partial charge in [-0.25, -0.2) is 4.79 Å². The summed E-state index contributed by atoms with van der Waals surface area (Å²) in [6.45, 7) is 2.99. The molecule has 0 radical (unpaired) electrons. The van der Waals surface area contributed by atoms with Crippen molar-refractivity contribution in [3.05, 3.63) is 22.8 Å². The number of aryl methyl sites for hydroxylation is 1. The van der Waals surface area contributed by atoms with Crippen molar-refractivity contribution in [1.82, 2.24) is 0 Å². The first-order valence-electron chi connectivity index (χ1n) is 5.60. The molecule has 1 aromatic carbocycles. The van der Waals surface area contributed by atoms with E-state index in [0.29, 0.717) is 16.9 Å². The predicted molar refractivity (Wildman–Crippen MR) is 66.9 cm³/mol. The summed E-state index contributed by atoms with van der Waals surface area (Å²) in [4.78, 5) is 21.4. The molecule has 0 unspecified atom stereocenters. The van der Waals surface area contributed by atoms with Crippen LogP contribution in [-0.2, 0) is 16.0 Å². The largest absolute Gasteiger partial charge is 0.496 e. The summed E-state index contributed by atoms with van der Waals surface area (Å²) < 4.78 is 10.4. The van der Waals surface area contributed by atoms with Crippen molar-refractivity contribution in [2.75, 3.05) is 13.7 Å². The summed E-state index contributed by atoms with van der Waals surface area (Å²) in [6.07, 6.45) is -0.253. The van der Waals surface area contributed by atoms with Crippen LogP contribution in [0.3, 0.4) is 0 Å². The van der Waals surface area contributed by atoms with Crippen molar-refractivity contribution < 1.29 is 29.3 Å². The van der Waals surface area contributed by atoms with Crippen LogP contribution >= 0.6 is 0 Å². The molecule has 0 amide bonds. The van der Waals surface area contributed by atoms with Crippen LogP contribution in [0.2, 0.25) is 0 Å². The highest BCUT2D eigenvalue weighted by Gasteiger charge is 2.18. The third-order valence-corrected chi connectivity index (χ3v) is 2.68. The molecule has 6 nitrogen and oxygen atoms in total.